The second kappa shape index (κ2) is 8.17. The fourth-order valence-electron chi connectivity index (χ4n) is 1.84. The maximum absolute atomic E-state index is 11.9. The molecule has 5 nitrogen and oxygen atoms in total. The van der Waals surface area contributed by atoms with E-state index in [1.165, 1.54) is 7.11 Å². The predicted octanol–water partition coefficient (Wildman–Crippen LogP) is 3.45. The van der Waals surface area contributed by atoms with E-state index < -0.39 is 11.7 Å². The van der Waals surface area contributed by atoms with E-state index in [2.05, 4.69) is 26.0 Å². The number of carbonyl (C=O) groups excluding carboxylic acids is 2. The molecule has 1 amide bonds. The number of hydrogen-bond donors (Lipinski definition) is 1. The lowest BCUT2D eigenvalue weighted by atomic mass is 10.0. The summed E-state index contributed by atoms with van der Waals surface area (Å²) in [5, 5.41) is 2.73. The topological polar surface area (TPSA) is 64.6 Å². The number of esters is 1. The van der Waals surface area contributed by atoms with Crippen LogP contribution in [-0.4, -0.2) is 30.8 Å². The third-order valence-electron chi connectivity index (χ3n) is 2.76. The van der Waals surface area contributed by atoms with Gasteiger partial charge in [-0.2, -0.15) is 0 Å². The summed E-state index contributed by atoms with van der Waals surface area (Å²) in [6, 6.07) is 7.32. The van der Waals surface area contributed by atoms with Crippen LogP contribution < -0.4 is 5.32 Å². The number of alkyl carbamates (subject to hydrolysis) is 1. The summed E-state index contributed by atoms with van der Waals surface area (Å²) in [7, 11) is 1.33. The predicted molar refractivity (Wildman–Crippen MR) is 87.6 cm³/mol. The number of ether oxygens (including phenoxy) is 2. The van der Waals surface area contributed by atoms with Crippen molar-refractivity contribution in [3.8, 4) is 0 Å². The van der Waals surface area contributed by atoms with Crippen LogP contribution in [-0.2, 0) is 20.7 Å². The summed E-state index contributed by atoms with van der Waals surface area (Å²) in [5.74, 6) is -0.377. The van der Waals surface area contributed by atoms with Crippen molar-refractivity contribution in [2.24, 2.45) is 0 Å². The van der Waals surface area contributed by atoms with Gasteiger partial charge in [0.15, 0.2) is 0 Å². The van der Waals surface area contributed by atoms with Crippen LogP contribution in [0.5, 0.6) is 0 Å². The first kappa shape index (κ1) is 18.5. The van der Waals surface area contributed by atoms with Crippen molar-refractivity contribution in [3.05, 3.63) is 34.3 Å². The molecule has 0 aliphatic rings. The molecule has 1 aromatic rings. The molecule has 0 aliphatic carbocycles. The molecule has 22 heavy (non-hydrogen) atoms. The first-order chi connectivity index (χ1) is 10.2. The number of benzene rings is 1. The zero-order valence-corrected chi connectivity index (χ0v) is 14.9. The third kappa shape index (κ3) is 7.45. The molecule has 0 radical (unpaired) electrons. The van der Waals surface area contributed by atoms with Gasteiger partial charge < -0.3 is 14.8 Å². The minimum Gasteiger partial charge on any atom is -0.469 e. The van der Waals surface area contributed by atoms with Crippen molar-refractivity contribution in [1.29, 1.82) is 0 Å². The Labute approximate surface area is 139 Å². The molecule has 1 N–H and O–H groups in total. The second-order valence-corrected chi connectivity index (χ2v) is 6.87. The highest BCUT2D eigenvalue weighted by atomic mass is 79.9. The van der Waals surface area contributed by atoms with Gasteiger partial charge in [-0.05, 0) is 44.9 Å². The molecule has 0 unspecified atom stereocenters. The summed E-state index contributed by atoms with van der Waals surface area (Å²) < 4.78 is 10.9. The highest BCUT2D eigenvalue weighted by molar-refractivity contribution is 9.10. The van der Waals surface area contributed by atoms with Gasteiger partial charge >= 0.3 is 12.1 Å². The van der Waals surface area contributed by atoms with Gasteiger partial charge in [0.2, 0.25) is 0 Å². The van der Waals surface area contributed by atoms with Crippen LogP contribution in [0.15, 0.2) is 28.7 Å². The molecule has 0 saturated heterocycles. The van der Waals surface area contributed by atoms with Crippen molar-refractivity contribution in [2.75, 3.05) is 7.11 Å². The molecule has 0 aliphatic heterocycles. The molecule has 122 valence electrons. The number of methoxy groups -OCH3 is 1. The van der Waals surface area contributed by atoms with E-state index in [1.807, 2.05) is 24.3 Å². The lowest BCUT2D eigenvalue weighted by Gasteiger charge is -2.23. The summed E-state index contributed by atoms with van der Waals surface area (Å²) in [5.41, 5.74) is 0.422. The third-order valence-corrected chi connectivity index (χ3v) is 3.29. The lowest BCUT2D eigenvalue weighted by Crippen LogP contribution is -2.41. The summed E-state index contributed by atoms with van der Waals surface area (Å²) in [6.07, 6.45) is 0.0616. The zero-order chi connectivity index (χ0) is 16.8. The number of amides is 1. The van der Waals surface area contributed by atoms with Crippen LogP contribution in [0.4, 0.5) is 4.79 Å². The Balaban J connectivity index is 2.73. The lowest BCUT2D eigenvalue weighted by molar-refractivity contribution is -0.141. The highest BCUT2D eigenvalue weighted by Crippen LogP contribution is 2.14. The molecule has 0 fully saturated rings. The maximum Gasteiger partial charge on any atom is 0.407 e. The van der Waals surface area contributed by atoms with E-state index in [9.17, 15) is 9.59 Å². The minimum atomic E-state index is -0.586. The van der Waals surface area contributed by atoms with E-state index in [1.54, 1.807) is 20.8 Å². The van der Waals surface area contributed by atoms with E-state index >= 15 is 0 Å². The Hall–Kier alpha value is -1.56. The van der Waals surface area contributed by atoms with Gasteiger partial charge in [0.1, 0.15) is 5.60 Å². The van der Waals surface area contributed by atoms with Gasteiger partial charge in [-0.1, -0.05) is 28.1 Å². The first-order valence-corrected chi connectivity index (χ1v) is 7.79. The number of rotatable bonds is 5. The Morgan fingerprint density at radius 2 is 1.82 bits per heavy atom. The number of hydrogen-bond acceptors (Lipinski definition) is 4. The molecule has 0 heterocycles. The quantitative estimate of drug-likeness (QED) is 0.805. The summed E-state index contributed by atoms with van der Waals surface area (Å²) in [6.45, 7) is 5.36. The zero-order valence-electron chi connectivity index (χ0n) is 13.3. The van der Waals surface area contributed by atoms with Crippen molar-refractivity contribution in [2.45, 2.75) is 45.3 Å². The number of carbonyl (C=O) groups is 2. The molecule has 1 atom stereocenters. The normalized spacial score (nSPS) is 12.4. The molecule has 1 rings (SSSR count). The SMILES string of the molecule is COC(=O)C[C@@H](Cc1ccc(Br)cc1)NC(=O)OC(C)(C)C. The molecular formula is C16H22BrNO4. The van der Waals surface area contributed by atoms with Crippen LogP contribution >= 0.6 is 15.9 Å². The van der Waals surface area contributed by atoms with Crippen LogP contribution in [0.3, 0.4) is 0 Å². The summed E-state index contributed by atoms with van der Waals surface area (Å²) >= 11 is 3.37. The number of nitrogens with one attached hydrogen (secondary N) is 1. The van der Waals surface area contributed by atoms with Crippen molar-refractivity contribution in [1.82, 2.24) is 5.32 Å². The fourth-order valence-corrected chi connectivity index (χ4v) is 2.10. The van der Waals surface area contributed by atoms with Crippen molar-refractivity contribution in [3.63, 3.8) is 0 Å². The van der Waals surface area contributed by atoms with Gasteiger partial charge in [0.05, 0.1) is 13.5 Å². The van der Waals surface area contributed by atoms with Crippen LogP contribution in [0, 0.1) is 0 Å². The Morgan fingerprint density at radius 1 is 1.23 bits per heavy atom. The summed E-state index contributed by atoms with van der Waals surface area (Å²) in [4.78, 5) is 23.4. The van der Waals surface area contributed by atoms with Gasteiger partial charge in [0.25, 0.3) is 0 Å². The van der Waals surface area contributed by atoms with E-state index in [0.717, 1.165) is 10.0 Å². The van der Waals surface area contributed by atoms with Crippen LogP contribution in [0.2, 0.25) is 0 Å². The van der Waals surface area contributed by atoms with Crippen LogP contribution in [0.25, 0.3) is 0 Å². The highest BCUT2D eigenvalue weighted by Gasteiger charge is 2.22. The molecule has 0 saturated carbocycles. The maximum atomic E-state index is 11.9. The molecule has 0 aromatic heterocycles. The van der Waals surface area contributed by atoms with E-state index in [-0.39, 0.29) is 18.4 Å². The fraction of sp³-hybridized carbons (Fsp3) is 0.500. The smallest absolute Gasteiger partial charge is 0.407 e. The van der Waals surface area contributed by atoms with Gasteiger partial charge in [0, 0.05) is 10.5 Å². The van der Waals surface area contributed by atoms with Crippen LogP contribution in [0.1, 0.15) is 32.8 Å². The Morgan fingerprint density at radius 3 is 2.32 bits per heavy atom. The largest absolute Gasteiger partial charge is 0.469 e. The molecule has 0 bridgehead atoms. The van der Waals surface area contributed by atoms with Crippen molar-refractivity contribution < 1.29 is 19.1 Å². The Bertz CT molecular complexity index is 508. The monoisotopic (exact) mass is 371 g/mol. The average Bonchev–Trinajstić information content (AvgIpc) is 2.38. The molecule has 1 aromatic carbocycles. The van der Waals surface area contributed by atoms with Gasteiger partial charge in [-0.3, -0.25) is 4.79 Å². The standard InChI is InChI=1S/C16H22BrNO4/c1-16(2,3)22-15(20)18-13(10-14(19)21-4)9-11-5-7-12(17)8-6-11/h5-8,13H,9-10H2,1-4H3,(H,18,20)/t13-/m1/s1. The van der Waals surface area contributed by atoms with E-state index in [0.29, 0.717) is 6.42 Å². The molecule has 0 spiro atoms. The van der Waals surface area contributed by atoms with Crippen molar-refractivity contribution >= 4 is 28.0 Å². The second-order valence-electron chi connectivity index (χ2n) is 5.95. The average molecular weight is 372 g/mol. The Kier molecular flexibility index (Phi) is 6.87. The van der Waals surface area contributed by atoms with Gasteiger partial charge in [-0.15, -0.1) is 0 Å². The van der Waals surface area contributed by atoms with E-state index in [4.69, 9.17) is 4.74 Å². The first-order valence-electron chi connectivity index (χ1n) is 7.00. The minimum absolute atomic E-state index is 0.0891. The molecule has 6 heteroatoms. The molecular weight excluding hydrogens is 350 g/mol. The van der Waals surface area contributed by atoms with Gasteiger partial charge in [-0.25, -0.2) is 4.79 Å². The number of halogens is 1.